The van der Waals surface area contributed by atoms with Crippen LogP contribution in [0.15, 0.2) is 17.9 Å². The van der Waals surface area contributed by atoms with Gasteiger partial charge in [0.25, 0.3) is 0 Å². The fourth-order valence-corrected chi connectivity index (χ4v) is 1.04. The van der Waals surface area contributed by atoms with E-state index in [0.717, 1.165) is 6.42 Å². The molecule has 0 aromatic heterocycles. The number of rotatable bonds is 5. The third-order valence-corrected chi connectivity index (χ3v) is 1.83. The van der Waals surface area contributed by atoms with Gasteiger partial charge in [-0.15, -0.1) is 5.73 Å². The lowest BCUT2D eigenvalue weighted by molar-refractivity contribution is 0.680. The summed E-state index contributed by atoms with van der Waals surface area (Å²) in [7, 11) is 0. The van der Waals surface area contributed by atoms with Gasteiger partial charge in [-0.05, 0) is 25.3 Å². The Bertz CT molecular complexity index is 141. The number of hydrogen-bond donors (Lipinski definition) is 1. The van der Waals surface area contributed by atoms with Crippen LogP contribution in [-0.2, 0) is 0 Å². The molecule has 0 heterocycles. The monoisotopic (exact) mass is 153 g/mol. The molecule has 0 aromatic rings. The van der Waals surface area contributed by atoms with Crippen LogP contribution in [0.4, 0.5) is 0 Å². The molecule has 0 bridgehead atoms. The highest BCUT2D eigenvalue weighted by atomic mass is 14.6. The standard InChI is InChI=1S/C10H19N/c1-4-6-7-8-10(5-2)9(3)11/h9H,2,4,6-8,11H2,1,3H3. The molecule has 0 aromatic carbocycles. The van der Waals surface area contributed by atoms with Crippen molar-refractivity contribution in [2.45, 2.75) is 45.6 Å². The van der Waals surface area contributed by atoms with E-state index in [-0.39, 0.29) is 6.04 Å². The summed E-state index contributed by atoms with van der Waals surface area (Å²) in [6, 6.07) is 0.129. The highest BCUT2D eigenvalue weighted by molar-refractivity contribution is 5.05. The summed E-state index contributed by atoms with van der Waals surface area (Å²) in [5, 5.41) is 0. The number of hydrogen-bond acceptors (Lipinski definition) is 1. The minimum Gasteiger partial charge on any atom is -0.324 e. The van der Waals surface area contributed by atoms with Gasteiger partial charge in [-0.2, -0.15) is 0 Å². The second kappa shape index (κ2) is 6.21. The first-order valence-corrected chi connectivity index (χ1v) is 4.36. The number of nitrogens with two attached hydrogens (primary N) is 1. The van der Waals surface area contributed by atoms with Crippen LogP contribution < -0.4 is 5.73 Å². The fourth-order valence-electron chi connectivity index (χ4n) is 1.04. The van der Waals surface area contributed by atoms with E-state index < -0.39 is 0 Å². The van der Waals surface area contributed by atoms with Crippen LogP contribution in [0.25, 0.3) is 0 Å². The lowest BCUT2D eigenvalue weighted by Crippen LogP contribution is -2.17. The lowest BCUT2D eigenvalue weighted by atomic mass is 10.0. The van der Waals surface area contributed by atoms with Gasteiger partial charge >= 0.3 is 0 Å². The molecule has 0 spiro atoms. The quantitative estimate of drug-likeness (QED) is 0.477. The zero-order valence-corrected chi connectivity index (χ0v) is 7.69. The normalized spacial score (nSPS) is 12.3. The van der Waals surface area contributed by atoms with Gasteiger partial charge in [0.05, 0.1) is 0 Å². The molecule has 0 aliphatic carbocycles. The summed E-state index contributed by atoms with van der Waals surface area (Å²) in [6.07, 6.45) is 4.81. The molecule has 1 heteroatoms. The first-order valence-electron chi connectivity index (χ1n) is 4.36. The van der Waals surface area contributed by atoms with Crippen molar-refractivity contribution < 1.29 is 0 Å². The molecule has 0 rings (SSSR count). The van der Waals surface area contributed by atoms with Gasteiger partial charge in [-0.1, -0.05) is 26.3 Å². The van der Waals surface area contributed by atoms with Gasteiger partial charge in [0.15, 0.2) is 0 Å². The summed E-state index contributed by atoms with van der Waals surface area (Å²) in [6.45, 7) is 7.80. The van der Waals surface area contributed by atoms with Crippen LogP contribution in [0.1, 0.15) is 39.5 Å². The zero-order valence-electron chi connectivity index (χ0n) is 7.69. The van der Waals surface area contributed by atoms with E-state index in [9.17, 15) is 0 Å². The molecule has 0 amide bonds. The predicted octanol–water partition coefficient (Wildman–Crippen LogP) is 2.63. The molecule has 1 nitrogen and oxygen atoms in total. The maximum atomic E-state index is 5.69. The van der Waals surface area contributed by atoms with E-state index in [2.05, 4.69) is 19.2 Å². The van der Waals surface area contributed by atoms with E-state index in [1.807, 2.05) is 6.92 Å². The molecule has 1 unspecified atom stereocenters. The van der Waals surface area contributed by atoms with Crippen molar-refractivity contribution in [2.75, 3.05) is 0 Å². The molecular formula is C10H19N. The summed E-state index contributed by atoms with van der Waals surface area (Å²) in [5.74, 6) is 0. The van der Waals surface area contributed by atoms with Crippen molar-refractivity contribution in [1.29, 1.82) is 0 Å². The topological polar surface area (TPSA) is 26.0 Å². The highest BCUT2D eigenvalue weighted by Crippen LogP contribution is 2.09. The summed E-state index contributed by atoms with van der Waals surface area (Å²) in [4.78, 5) is 0. The molecule has 0 saturated heterocycles. The highest BCUT2D eigenvalue weighted by Gasteiger charge is 2.00. The van der Waals surface area contributed by atoms with E-state index in [0.29, 0.717) is 0 Å². The van der Waals surface area contributed by atoms with Gasteiger partial charge < -0.3 is 5.73 Å². The van der Waals surface area contributed by atoms with Crippen molar-refractivity contribution in [3.63, 3.8) is 0 Å². The first-order chi connectivity index (χ1) is 5.22. The predicted molar refractivity (Wildman–Crippen MR) is 50.4 cm³/mol. The first kappa shape index (κ1) is 10.5. The fraction of sp³-hybridized carbons (Fsp3) is 0.700. The Labute approximate surface area is 70.0 Å². The van der Waals surface area contributed by atoms with E-state index >= 15 is 0 Å². The third-order valence-electron chi connectivity index (χ3n) is 1.83. The van der Waals surface area contributed by atoms with Crippen molar-refractivity contribution in [3.05, 3.63) is 17.9 Å². The molecule has 11 heavy (non-hydrogen) atoms. The average Bonchev–Trinajstić information content (AvgIpc) is 1.97. The minimum atomic E-state index is 0.129. The van der Waals surface area contributed by atoms with Crippen molar-refractivity contribution in [1.82, 2.24) is 0 Å². The summed E-state index contributed by atoms with van der Waals surface area (Å²) >= 11 is 0. The molecule has 2 N–H and O–H groups in total. The molecule has 0 saturated carbocycles. The Morgan fingerprint density at radius 1 is 1.55 bits per heavy atom. The van der Waals surface area contributed by atoms with E-state index in [1.54, 1.807) is 0 Å². The molecule has 0 fully saturated rings. The van der Waals surface area contributed by atoms with E-state index in [1.165, 1.54) is 24.8 Å². The largest absolute Gasteiger partial charge is 0.324 e. The molecule has 0 aliphatic heterocycles. The second-order valence-corrected chi connectivity index (χ2v) is 2.95. The second-order valence-electron chi connectivity index (χ2n) is 2.95. The van der Waals surface area contributed by atoms with Crippen molar-refractivity contribution in [3.8, 4) is 0 Å². The molecule has 0 aliphatic rings. The minimum absolute atomic E-state index is 0.129. The van der Waals surface area contributed by atoms with Crippen LogP contribution in [0.2, 0.25) is 0 Å². The van der Waals surface area contributed by atoms with Crippen LogP contribution >= 0.6 is 0 Å². The zero-order chi connectivity index (χ0) is 8.69. The van der Waals surface area contributed by atoms with Crippen LogP contribution in [0, 0.1) is 0 Å². The maximum absolute atomic E-state index is 5.69. The maximum Gasteiger partial charge on any atom is 0.0300 e. The lowest BCUT2D eigenvalue weighted by Gasteiger charge is -2.07. The Hall–Kier alpha value is -0.520. The molecule has 1 atom stereocenters. The van der Waals surface area contributed by atoms with Gasteiger partial charge in [0.2, 0.25) is 0 Å². The molecule has 64 valence electrons. The Morgan fingerprint density at radius 2 is 2.18 bits per heavy atom. The summed E-state index contributed by atoms with van der Waals surface area (Å²) in [5.41, 5.74) is 9.76. The Kier molecular flexibility index (Phi) is 5.91. The van der Waals surface area contributed by atoms with Gasteiger partial charge in [-0.25, -0.2) is 0 Å². The Morgan fingerprint density at radius 3 is 2.55 bits per heavy atom. The van der Waals surface area contributed by atoms with Crippen LogP contribution in [-0.4, -0.2) is 6.04 Å². The smallest absolute Gasteiger partial charge is 0.0300 e. The Balaban J connectivity index is 3.64. The van der Waals surface area contributed by atoms with Crippen molar-refractivity contribution in [2.24, 2.45) is 5.73 Å². The van der Waals surface area contributed by atoms with Gasteiger partial charge in [0.1, 0.15) is 0 Å². The molecule has 0 radical (unpaired) electrons. The molecular weight excluding hydrogens is 134 g/mol. The SMILES string of the molecule is C=C=C(CCCCC)C(C)N. The summed E-state index contributed by atoms with van der Waals surface area (Å²) < 4.78 is 0. The van der Waals surface area contributed by atoms with E-state index in [4.69, 9.17) is 5.73 Å². The van der Waals surface area contributed by atoms with Gasteiger partial charge in [-0.3, -0.25) is 0 Å². The number of unbranched alkanes of at least 4 members (excludes halogenated alkanes) is 2. The van der Waals surface area contributed by atoms with Gasteiger partial charge in [0, 0.05) is 6.04 Å². The van der Waals surface area contributed by atoms with Crippen LogP contribution in [0.3, 0.4) is 0 Å². The third kappa shape index (κ3) is 4.83. The van der Waals surface area contributed by atoms with Crippen LogP contribution in [0.5, 0.6) is 0 Å². The average molecular weight is 153 g/mol. The van der Waals surface area contributed by atoms with Crippen molar-refractivity contribution >= 4 is 0 Å².